The highest BCUT2D eigenvalue weighted by molar-refractivity contribution is 5.89. The molecule has 1 atom stereocenters. The molecule has 1 N–H and O–H groups in total. The molecule has 26 heavy (non-hydrogen) atoms. The van der Waals surface area contributed by atoms with Crippen LogP contribution in [0, 0.1) is 17.2 Å². The molecule has 0 bridgehead atoms. The minimum absolute atomic E-state index is 0.147. The SMILES string of the molecule is CC(C)[C@](C)(C#N)NC(=O)COC(=O)/C=C/c1ccc(C(F)(F)F)cc1. The van der Waals surface area contributed by atoms with E-state index in [1.54, 1.807) is 20.8 Å². The average Bonchev–Trinajstić information content (AvgIpc) is 2.57. The number of carbonyl (C=O) groups excluding carboxylic acids is 2. The molecule has 1 aromatic rings. The number of benzene rings is 1. The molecule has 0 spiro atoms. The van der Waals surface area contributed by atoms with Gasteiger partial charge in [-0.15, -0.1) is 0 Å². The first-order valence-corrected chi connectivity index (χ1v) is 7.72. The quantitative estimate of drug-likeness (QED) is 0.617. The maximum absolute atomic E-state index is 12.5. The molecule has 0 heterocycles. The van der Waals surface area contributed by atoms with Crippen molar-refractivity contribution in [3.63, 3.8) is 0 Å². The highest BCUT2D eigenvalue weighted by atomic mass is 19.4. The Morgan fingerprint density at radius 2 is 1.85 bits per heavy atom. The Hall–Kier alpha value is -2.82. The number of amides is 1. The van der Waals surface area contributed by atoms with Crippen LogP contribution in [-0.2, 0) is 20.5 Å². The number of rotatable bonds is 6. The number of alkyl halides is 3. The molecule has 0 unspecified atom stereocenters. The van der Waals surface area contributed by atoms with Crippen molar-refractivity contribution >= 4 is 18.0 Å². The monoisotopic (exact) mass is 368 g/mol. The van der Waals surface area contributed by atoms with Gasteiger partial charge >= 0.3 is 12.1 Å². The summed E-state index contributed by atoms with van der Waals surface area (Å²) in [6.07, 6.45) is -2.15. The van der Waals surface area contributed by atoms with E-state index in [1.807, 2.05) is 6.07 Å². The first-order chi connectivity index (χ1) is 12.0. The first-order valence-electron chi connectivity index (χ1n) is 7.72. The lowest BCUT2D eigenvalue weighted by atomic mass is 9.90. The Labute approximate surface area is 149 Å². The zero-order valence-corrected chi connectivity index (χ0v) is 14.6. The Bertz CT molecular complexity index is 719. The maximum Gasteiger partial charge on any atom is 0.416 e. The predicted molar refractivity (Wildman–Crippen MR) is 88.4 cm³/mol. The van der Waals surface area contributed by atoms with E-state index in [2.05, 4.69) is 5.32 Å². The van der Waals surface area contributed by atoms with Crippen LogP contribution in [0.1, 0.15) is 31.9 Å². The molecular weight excluding hydrogens is 349 g/mol. The fourth-order valence-electron chi connectivity index (χ4n) is 1.76. The van der Waals surface area contributed by atoms with Gasteiger partial charge in [0.2, 0.25) is 0 Å². The smallest absolute Gasteiger partial charge is 0.416 e. The number of esters is 1. The van der Waals surface area contributed by atoms with E-state index in [1.165, 1.54) is 18.2 Å². The van der Waals surface area contributed by atoms with Gasteiger partial charge in [0.05, 0.1) is 11.6 Å². The van der Waals surface area contributed by atoms with Crippen molar-refractivity contribution in [2.24, 2.45) is 5.92 Å². The second kappa shape index (κ2) is 8.52. The zero-order valence-electron chi connectivity index (χ0n) is 14.6. The van der Waals surface area contributed by atoms with E-state index < -0.39 is 35.8 Å². The molecule has 0 aromatic heterocycles. The van der Waals surface area contributed by atoms with E-state index in [4.69, 9.17) is 10.00 Å². The van der Waals surface area contributed by atoms with Crippen molar-refractivity contribution in [2.75, 3.05) is 6.61 Å². The summed E-state index contributed by atoms with van der Waals surface area (Å²) in [4.78, 5) is 23.3. The zero-order chi connectivity index (χ0) is 20.0. The molecule has 8 heteroatoms. The van der Waals surface area contributed by atoms with Gasteiger partial charge in [-0.3, -0.25) is 4.79 Å². The van der Waals surface area contributed by atoms with Gasteiger partial charge in [-0.2, -0.15) is 18.4 Å². The number of nitrogens with one attached hydrogen (secondary N) is 1. The van der Waals surface area contributed by atoms with Crippen LogP contribution >= 0.6 is 0 Å². The molecule has 1 amide bonds. The molecule has 0 aliphatic rings. The van der Waals surface area contributed by atoms with Crippen molar-refractivity contribution in [1.29, 1.82) is 5.26 Å². The van der Waals surface area contributed by atoms with Gasteiger partial charge in [-0.1, -0.05) is 26.0 Å². The summed E-state index contributed by atoms with van der Waals surface area (Å²) in [5.74, 6) is -1.60. The lowest BCUT2D eigenvalue weighted by Gasteiger charge is -2.27. The Balaban J connectivity index is 2.55. The van der Waals surface area contributed by atoms with Crippen molar-refractivity contribution in [3.8, 4) is 6.07 Å². The highest BCUT2D eigenvalue weighted by Crippen LogP contribution is 2.29. The molecule has 1 rings (SSSR count). The maximum atomic E-state index is 12.5. The molecule has 0 aliphatic heterocycles. The van der Waals surface area contributed by atoms with E-state index in [-0.39, 0.29) is 5.92 Å². The number of ether oxygens (including phenoxy) is 1. The fourth-order valence-corrected chi connectivity index (χ4v) is 1.76. The lowest BCUT2D eigenvalue weighted by molar-refractivity contribution is -0.144. The molecule has 0 fully saturated rings. The van der Waals surface area contributed by atoms with Crippen LogP contribution in [0.5, 0.6) is 0 Å². The van der Waals surface area contributed by atoms with Gasteiger partial charge in [-0.05, 0) is 36.6 Å². The Kier molecular flexibility index (Phi) is 6.95. The van der Waals surface area contributed by atoms with Crippen molar-refractivity contribution in [3.05, 3.63) is 41.5 Å². The fraction of sp³-hybridized carbons (Fsp3) is 0.389. The van der Waals surface area contributed by atoms with Crippen LogP contribution < -0.4 is 5.32 Å². The number of nitrogens with zero attached hydrogens (tertiary/aromatic N) is 1. The van der Waals surface area contributed by atoms with Gasteiger partial charge in [0.15, 0.2) is 6.61 Å². The molecule has 0 saturated heterocycles. The summed E-state index contributed by atoms with van der Waals surface area (Å²) in [6.45, 7) is 4.52. The Morgan fingerprint density at radius 1 is 1.27 bits per heavy atom. The number of halogens is 3. The van der Waals surface area contributed by atoms with E-state index >= 15 is 0 Å². The van der Waals surface area contributed by atoms with Crippen LogP contribution in [0.25, 0.3) is 6.08 Å². The number of carbonyl (C=O) groups is 2. The van der Waals surface area contributed by atoms with Crippen LogP contribution in [0.2, 0.25) is 0 Å². The highest BCUT2D eigenvalue weighted by Gasteiger charge is 2.30. The number of hydrogen-bond acceptors (Lipinski definition) is 4. The normalized spacial score (nSPS) is 13.9. The molecule has 0 saturated carbocycles. The minimum atomic E-state index is -4.43. The van der Waals surface area contributed by atoms with Gasteiger partial charge in [-0.25, -0.2) is 4.79 Å². The van der Waals surface area contributed by atoms with E-state index in [0.29, 0.717) is 5.56 Å². The summed E-state index contributed by atoms with van der Waals surface area (Å²) < 4.78 is 42.1. The minimum Gasteiger partial charge on any atom is -0.452 e. The van der Waals surface area contributed by atoms with E-state index in [0.717, 1.165) is 18.2 Å². The predicted octanol–water partition coefficient (Wildman–Crippen LogP) is 3.32. The van der Waals surface area contributed by atoms with Crippen molar-refractivity contribution in [2.45, 2.75) is 32.5 Å². The summed E-state index contributed by atoms with van der Waals surface area (Å²) in [7, 11) is 0. The molecule has 1 aromatic carbocycles. The average molecular weight is 368 g/mol. The number of nitriles is 1. The van der Waals surface area contributed by atoms with Crippen molar-refractivity contribution in [1.82, 2.24) is 5.32 Å². The molecular formula is C18H19F3N2O3. The van der Waals surface area contributed by atoms with Gasteiger partial charge in [0.25, 0.3) is 5.91 Å². The standard InChI is InChI=1S/C18H19F3N2O3/c1-12(2)17(3,11-22)23-15(24)10-26-16(25)9-6-13-4-7-14(8-5-13)18(19,20)21/h4-9,12H,10H2,1-3H3,(H,23,24)/b9-6+/t17-/m0/s1. The van der Waals surface area contributed by atoms with Crippen LogP contribution in [0.15, 0.2) is 30.3 Å². The summed E-state index contributed by atoms with van der Waals surface area (Å²) in [6, 6.07) is 6.20. The largest absolute Gasteiger partial charge is 0.452 e. The first kappa shape index (κ1) is 21.2. The Morgan fingerprint density at radius 3 is 2.31 bits per heavy atom. The summed E-state index contributed by atoms with van der Waals surface area (Å²) >= 11 is 0. The van der Waals surface area contributed by atoms with Crippen LogP contribution in [0.4, 0.5) is 13.2 Å². The number of hydrogen-bond donors (Lipinski definition) is 1. The second-order valence-electron chi connectivity index (χ2n) is 6.08. The third-order valence-corrected chi connectivity index (χ3v) is 3.78. The lowest BCUT2D eigenvalue weighted by Crippen LogP contribution is -2.50. The molecule has 0 radical (unpaired) electrons. The second-order valence-corrected chi connectivity index (χ2v) is 6.08. The van der Waals surface area contributed by atoms with Crippen LogP contribution in [0.3, 0.4) is 0 Å². The topological polar surface area (TPSA) is 79.2 Å². The third kappa shape index (κ3) is 6.24. The summed E-state index contributed by atoms with van der Waals surface area (Å²) in [5.41, 5.74) is -1.50. The van der Waals surface area contributed by atoms with Crippen LogP contribution in [-0.4, -0.2) is 24.0 Å². The van der Waals surface area contributed by atoms with Gasteiger partial charge < -0.3 is 10.1 Å². The van der Waals surface area contributed by atoms with E-state index in [9.17, 15) is 22.8 Å². The van der Waals surface area contributed by atoms with Gasteiger partial charge in [0, 0.05) is 6.08 Å². The molecule has 0 aliphatic carbocycles. The van der Waals surface area contributed by atoms with Crippen molar-refractivity contribution < 1.29 is 27.5 Å². The molecule has 5 nitrogen and oxygen atoms in total. The third-order valence-electron chi connectivity index (χ3n) is 3.78. The molecule has 140 valence electrons. The summed E-state index contributed by atoms with van der Waals surface area (Å²) in [5, 5.41) is 11.6. The van der Waals surface area contributed by atoms with Gasteiger partial charge in [0.1, 0.15) is 5.54 Å².